The third-order valence-electron chi connectivity index (χ3n) is 4.47. The maximum absolute atomic E-state index is 12.0. The number of aryl methyl sites for hydroxylation is 1. The van der Waals surface area contributed by atoms with E-state index >= 15 is 0 Å². The summed E-state index contributed by atoms with van der Waals surface area (Å²) < 4.78 is 5.10. The molecule has 2 aromatic rings. The topological polar surface area (TPSA) is 75.6 Å². The molecule has 1 unspecified atom stereocenters. The number of ether oxygens (including phenoxy) is 1. The lowest BCUT2D eigenvalue weighted by Crippen LogP contribution is -2.44. The van der Waals surface area contributed by atoms with Crippen LogP contribution in [0.5, 0.6) is 0 Å². The largest absolute Gasteiger partial charge is 0.462 e. The number of aliphatic imine (C=N–C) groups is 1. The van der Waals surface area contributed by atoms with Crippen molar-refractivity contribution >= 4 is 23.3 Å². The van der Waals surface area contributed by atoms with Crippen molar-refractivity contribution in [1.82, 2.24) is 15.6 Å². The number of aromatic nitrogens is 1. The molecular formula is C21H30N4O2S. The van der Waals surface area contributed by atoms with E-state index in [-0.39, 0.29) is 17.4 Å². The molecule has 0 saturated heterocycles. The summed E-state index contributed by atoms with van der Waals surface area (Å²) in [6.45, 7) is 11.1. The Morgan fingerprint density at radius 1 is 1.32 bits per heavy atom. The number of esters is 1. The fraction of sp³-hybridized carbons (Fsp3) is 0.476. The minimum atomic E-state index is -0.317. The van der Waals surface area contributed by atoms with Gasteiger partial charge in [-0.3, -0.25) is 4.99 Å². The molecule has 28 heavy (non-hydrogen) atoms. The summed E-state index contributed by atoms with van der Waals surface area (Å²) in [7, 11) is 1.74. The van der Waals surface area contributed by atoms with Crippen molar-refractivity contribution in [2.45, 2.75) is 46.1 Å². The molecule has 1 atom stereocenters. The van der Waals surface area contributed by atoms with Gasteiger partial charge in [0.05, 0.1) is 18.3 Å². The van der Waals surface area contributed by atoms with Crippen molar-refractivity contribution < 1.29 is 9.53 Å². The van der Waals surface area contributed by atoms with Gasteiger partial charge < -0.3 is 15.4 Å². The van der Waals surface area contributed by atoms with Gasteiger partial charge in [0.25, 0.3) is 0 Å². The molecule has 0 aliphatic carbocycles. The van der Waals surface area contributed by atoms with Crippen molar-refractivity contribution in [3.63, 3.8) is 0 Å². The SMILES string of the molecule is CCOC(=O)c1sc(C(C)NC(=NC)NCC(C)(C)c2ccccc2)nc1C. The van der Waals surface area contributed by atoms with Crippen molar-refractivity contribution in [1.29, 1.82) is 0 Å². The number of rotatable bonds is 7. The summed E-state index contributed by atoms with van der Waals surface area (Å²) in [5.41, 5.74) is 1.91. The highest BCUT2D eigenvalue weighted by molar-refractivity contribution is 7.13. The first-order valence-electron chi connectivity index (χ1n) is 9.45. The second-order valence-electron chi connectivity index (χ2n) is 7.23. The normalized spacial score (nSPS) is 13.1. The van der Waals surface area contributed by atoms with Gasteiger partial charge in [0.2, 0.25) is 0 Å². The summed E-state index contributed by atoms with van der Waals surface area (Å²) >= 11 is 1.36. The van der Waals surface area contributed by atoms with E-state index in [2.05, 4.69) is 58.7 Å². The van der Waals surface area contributed by atoms with E-state index in [0.29, 0.717) is 23.1 Å². The first-order valence-corrected chi connectivity index (χ1v) is 10.3. The minimum Gasteiger partial charge on any atom is -0.462 e. The molecule has 0 radical (unpaired) electrons. The van der Waals surface area contributed by atoms with Gasteiger partial charge in [0, 0.05) is 19.0 Å². The van der Waals surface area contributed by atoms with Gasteiger partial charge >= 0.3 is 5.97 Å². The van der Waals surface area contributed by atoms with Crippen LogP contribution >= 0.6 is 11.3 Å². The summed E-state index contributed by atoms with van der Waals surface area (Å²) in [6.07, 6.45) is 0. The standard InChI is InChI=1S/C21H30N4O2S/c1-7-27-19(26)17-14(2)24-18(28-17)15(3)25-20(22-6)23-13-21(4,5)16-11-9-8-10-12-16/h8-12,15H,7,13H2,1-6H3,(H2,22,23,25). The van der Waals surface area contributed by atoms with Gasteiger partial charge in [-0.1, -0.05) is 44.2 Å². The van der Waals surface area contributed by atoms with E-state index in [1.165, 1.54) is 16.9 Å². The Bertz CT molecular complexity index is 815. The smallest absolute Gasteiger partial charge is 0.350 e. The third kappa shape index (κ3) is 5.55. The van der Waals surface area contributed by atoms with E-state index in [9.17, 15) is 4.79 Å². The molecule has 6 nitrogen and oxygen atoms in total. The van der Waals surface area contributed by atoms with E-state index in [1.807, 2.05) is 19.9 Å². The zero-order valence-electron chi connectivity index (χ0n) is 17.5. The Labute approximate surface area is 171 Å². The van der Waals surface area contributed by atoms with Gasteiger partial charge in [-0.05, 0) is 26.3 Å². The highest BCUT2D eigenvalue weighted by Gasteiger charge is 2.22. The van der Waals surface area contributed by atoms with Gasteiger partial charge in [0.1, 0.15) is 9.88 Å². The number of hydrogen-bond acceptors (Lipinski definition) is 5. The molecule has 1 aromatic heterocycles. The van der Waals surface area contributed by atoms with E-state index in [1.54, 1.807) is 14.0 Å². The Hall–Kier alpha value is -2.41. The Balaban J connectivity index is 2.01. The number of hydrogen-bond donors (Lipinski definition) is 2. The second-order valence-corrected chi connectivity index (χ2v) is 8.26. The van der Waals surface area contributed by atoms with Gasteiger partial charge in [-0.25, -0.2) is 9.78 Å². The first-order chi connectivity index (χ1) is 13.3. The quantitative estimate of drug-likeness (QED) is 0.418. The van der Waals surface area contributed by atoms with Gasteiger partial charge in [0.15, 0.2) is 5.96 Å². The van der Waals surface area contributed by atoms with Crippen LogP contribution in [0.1, 0.15) is 59.7 Å². The maximum Gasteiger partial charge on any atom is 0.350 e. The fourth-order valence-corrected chi connectivity index (χ4v) is 3.71. The van der Waals surface area contributed by atoms with E-state index in [4.69, 9.17) is 4.74 Å². The highest BCUT2D eigenvalue weighted by atomic mass is 32.1. The third-order valence-corrected chi connectivity index (χ3v) is 5.79. The molecule has 2 rings (SSSR count). The number of nitrogens with zero attached hydrogens (tertiary/aromatic N) is 2. The summed E-state index contributed by atoms with van der Waals surface area (Å²) in [5.74, 6) is 0.380. The molecule has 2 N–H and O–H groups in total. The summed E-state index contributed by atoms with van der Waals surface area (Å²) in [5, 5.41) is 7.58. The molecule has 0 saturated carbocycles. The van der Waals surface area contributed by atoms with E-state index < -0.39 is 0 Å². The van der Waals surface area contributed by atoms with Crippen LogP contribution in [0.2, 0.25) is 0 Å². The lowest BCUT2D eigenvalue weighted by molar-refractivity contribution is 0.0531. The molecular weight excluding hydrogens is 372 g/mol. The average molecular weight is 403 g/mol. The Morgan fingerprint density at radius 2 is 2.00 bits per heavy atom. The first kappa shape index (κ1) is 21.9. The molecule has 0 bridgehead atoms. The minimum absolute atomic E-state index is 0.0447. The zero-order chi connectivity index (χ0) is 20.7. The van der Waals surface area contributed by atoms with Crippen LogP contribution in [-0.4, -0.2) is 37.1 Å². The number of thiazole rings is 1. The number of carbonyl (C=O) groups is 1. The molecule has 0 aliphatic rings. The maximum atomic E-state index is 12.0. The predicted octanol–water partition coefficient (Wildman–Crippen LogP) is 3.83. The molecule has 0 fully saturated rings. The number of guanidine groups is 1. The highest BCUT2D eigenvalue weighted by Crippen LogP contribution is 2.25. The van der Waals surface area contributed by atoms with Crippen LogP contribution in [0.4, 0.5) is 0 Å². The van der Waals surface area contributed by atoms with Crippen molar-refractivity contribution in [2.24, 2.45) is 4.99 Å². The van der Waals surface area contributed by atoms with Crippen molar-refractivity contribution in [2.75, 3.05) is 20.2 Å². The van der Waals surface area contributed by atoms with Crippen LogP contribution in [0.25, 0.3) is 0 Å². The predicted molar refractivity (Wildman–Crippen MR) is 115 cm³/mol. The Kier molecular flexibility index (Phi) is 7.57. The molecule has 0 aliphatic heterocycles. The van der Waals surface area contributed by atoms with Gasteiger partial charge in [-0.15, -0.1) is 11.3 Å². The van der Waals surface area contributed by atoms with E-state index in [0.717, 1.165) is 11.6 Å². The molecule has 152 valence electrons. The van der Waals surface area contributed by atoms with Crippen molar-refractivity contribution in [3.05, 3.63) is 51.5 Å². The zero-order valence-corrected chi connectivity index (χ0v) is 18.3. The molecule has 1 heterocycles. The fourth-order valence-electron chi connectivity index (χ4n) is 2.75. The molecule has 0 amide bonds. The summed E-state index contributed by atoms with van der Waals surface area (Å²) in [6, 6.07) is 10.3. The second kappa shape index (κ2) is 9.68. The van der Waals surface area contributed by atoms with Crippen LogP contribution < -0.4 is 10.6 Å². The number of nitrogens with one attached hydrogen (secondary N) is 2. The van der Waals surface area contributed by atoms with Crippen LogP contribution in [0, 0.1) is 6.92 Å². The summed E-state index contributed by atoms with van der Waals surface area (Å²) in [4.78, 5) is 21.4. The average Bonchev–Trinajstić information content (AvgIpc) is 3.08. The number of benzene rings is 1. The lowest BCUT2D eigenvalue weighted by atomic mass is 9.85. The van der Waals surface area contributed by atoms with Crippen LogP contribution in [0.15, 0.2) is 35.3 Å². The van der Waals surface area contributed by atoms with Crippen LogP contribution in [0.3, 0.4) is 0 Å². The molecule has 0 spiro atoms. The van der Waals surface area contributed by atoms with Crippen LogP contribution in [-0.2, 0) is 10.2 Å². The number of carbonyl (C=O) groups excluding carboxylic acids is 1. The van der Waals surface area contributed by atoms with Gasteiger partial charge in [-0.2, -0.15) is 0 Å². The molecule has 1 aromatic carbocycles. The monoisotopic (exact) mass is 402 g/mol. The van der Waals surface area contributed by atoms with Crippen molar-refractivity contribution in [3.8, 4) is 0 Å². The Morgan fingerprint density at radius 3 is 2.61 bits per heavy atom. The lowest BCUT2D eigenvalue weighted by Gasteiger charge is -2.27. The molecule has 7 heteroatoms.